The van der Waals surface area contributed by atoms with Crippen LogP contribution in [0.1, 0.15) is 197 Å². The number of rotatable bonds is 2. The van der Waals surface area contributed by atoms with Gasteiger partial charge in [0.15, 0.2) is 23.0 Å². The van der Waals surface area contributed by atoms with E-state index in [1.165, 1.54) is 50.4 Å². The van der Waals surface area contributed by atoms with Crippen LogP contribution in [0.4, 0.5) is 0 Å². The average molecular weight is 1760 g/mol. The molecule has 13 rings (SSSR count). The van der Waals surface area contributed by atoms with Crippen molar-refractivity contribution in [3.63, 3.8) is 0 Å². The summed E-state index contributed by atoms with van der Waals surface area (Å²) in [5.74, 6) is 3.92. The van der Waals surface area contributed by atoms with Crippen molar-refractivity contribution in [2.75, 3.05) is 20.0 Å². The van der Waals surface area contributed by atoms with Crippen molar-refractivity contribution in [3.05, 3.63) is 289 Å². The van der Waals surface area contributed by atoms with Gasteiger partial charge in [-0.05, 0) is 155 Å². The molecule has 1 atom stereocenters. The van der Waals surface area contributed by atoms with E-state index < -0.39 is 0 Å². The Morgan fingerprint density at radius 2 is 0.981 bits per heavy atom. The predicted octanol–water partition coefficient (Wildman–Crippen LogP) is 26.9. The quantitative estimate of drug-likeness (QED) is 0.127. The maximum Gasteiger partial charge on any atom is 2.00 e. The number of allylic oxidation sites excluding steroid dienone is 9. The third-order valence-electron chi connectivity index (χ3n) is 11.0. The smallest absolute Gasteiger partial charge is 0.504 e. The Bertz CT molecular complexity index is 3260. The van der Waals surface area contributed by atoms with E-state index in [-0.39, 0.29) is 42.1 Å². The summed E-state index contributed by atoms with van der Waals surface area (Å²) in [6, 6.07) is 46.4. The van der Waals surface area contributed by atoms with Gasteiger partial charge in [-0.1, -0.05) is 228 Å². The summed E-state index contributed by atoms with van der Waals surface area (Å²) in [6.45, 7) is 66.5. The van der Waals surface area contributed by atoms with Gasteiger partial charge < -0.3 is 59.3 Å². The number of nitrogens with one attached hydrogen (secondary N) is 2. The van der Waals surface area contributed by atoms with E-state index in [0.717, 1.165) is 45.3 Å². The minimum Gasteiger partial charge on any atom is -0.504 e. The van der Waals surface area contributed by atoms with Gasteiger partial charge in [0.2, 0.25) is 6.79 Å². The van der Waals surface area contributed by atoms with Crippen LogP contribution in [0, 0.1) is 86.5 Å². The zero-order chi connectivity index (χ0) is 79.0. The number of hydrogen-bond acceptors (Lipinski definition) is 10. The standard InChI is InChI=1S/C9H9N.C9H10O2.C9H10.C8H8O2.C7H7N3.C7H8.2C6H7N.C5H6.C4H5NO.10C2H6.2W/c1-7-2-3-8-4-5-10-9(8)6-7;1-7-2-3-8-9(6-7)11-5-4-10-8;1-2-6-9-7-4-3-5-8-9;1-6-2-3-7-8(4-6)10-5-9-7;1-5-2-3-6-7(4-5)9-10-8-6;1-7-5-3-2-4-6-7;1-6-3-2-4-7-5-6;1-6-4-2-3-5-7-6;1-3-5-4-2;1-4-2-5-6-3-4;10*1-2;;/h2-6,10H,1H3;2-3,6H,4-5H2,1H3;3-9H,1H3;2-4H,5H2,1H3;2-4H,1H3,(H,8,9,10);2-6H,1H3;2*2-5H,1H3;1,3,5H,2H3;2-3H,1H3;10*1-2H3;;/q;;-2;;;;;;-2;;;;;;;;;;;;2*+2. The first-order valence-corrected chi connectivity index (χ1v) is 36.8. The molecule has 104 heavy (non-hydrogen) atoms. The third kappa shape index (κ3) is 63.4. The molecule has 0 saturated carbocycles. The Morgan fingerprint density at radius 3 is 1.40 bits per heavy atom. The van der Waals surface area contributed by atoms with Crippen LogP contribution in [0.5, 0.6) is 23.0 Å². The zero-order valence-electron chi connectivity index (χ0n) is 69.7. The molecule has 7 heterocycles. The maximum atomic E-state index is 5.38. The molecule has 0 radical (unpaired) electrons. The largest absolute Gasteiger partial charge is 2.00 e. The van der Waals surface area contributed by atoms with Crippen molar-refractivity contribution < 1.29 is 65.6 Å². The summed E-state index contributed by atoms with van der Waals surface area (Å²) in [5.41, 5.74) is 12.7. The van der Waals surface area contributed by atoms with Gasteiger partial charge >= 0.3 is 42.1 Å². The first-order valence-electron chi connectivity index (χ1n) is 36.8. The maximum absolute atomic E-state index is 5.38. The number of aromatic nitrogens is 7. The number of ether oxygens (including phenoxy) is 4. The molecule has 0 bridgehead atoms. The molecular formula is C90H137N7O5W2. The summed E-state index contributed by atoms with van der Waals surface area (Å²) in [6.07, 6.45) is 31.9. The number of pyridine rings is 2. The molecule has 2 N–H and O–H groups in total. The van der Waals surface area contributed by atoms with Crippen molar-refractivity contribution in [1.29, 1.82) is 0 Å². The average Bonchev–Trinajstić information content (AvgIpc) is 1.44. The minimum absolute atomic E-state index is 0. The van der Waals surface area contributed by atoms with Crippen LogP contribution < -0.4 is 18.9 Å². The molecule has 5 aromatic carbocycles. The number of aromatic amines is 2. The van der Waals surface area contributed by atoms with Crippen LogP contribution in [0.3, 0.4) is 0 Å². The summed E-state index contributed by atoms with van der Waals surface area (Å²) >= 11 is 0. The molecule has 2 aliphatic heterocycles. The van der Waals surface area contributed by atoms with Crippen LogP contribution in [-0.2, 0) is 42.1 Å². The van der Waals surface area contributed by atoms with E-state index in [9.17, 15) is 0 Å². The molecule has 574 valence electrons. The van der Waals surface area contributed by atoms with Crippen molar-refractivity contribution in [2.45, 2.75) is 208 Å². The van der Waals surface area contributed by atoms with E-state index in [2.05, 4.69) is 127 Å². The fourth-order valence-electron chi connectivity index (χ4n) is 6.87. The Morgan fingerprint density at radius 1 is 0.471 bits per heavy atom. The minimum atomic E-state index is 0. The molecule has 14 heteroatoms. The molecule has 0 amide bonds. The molecular weight excluding hydrogens is 1630 g/mol. The van der Waals surface area contributed by atoms with Crippen LogP contribution in [0.15, 0.2) is 224 Å². The Balaban J connectivity index is -0.000000134. The van der Waals surface area contributed by atoms with Crippen molar-refractivity contribution >= 4 is 21.9 Å². The van der Waals surface area contributed by atoms with Crippen molar-refractivity contribution in [2.24, 2.45) is 5.92 Å². The van der Waals surface area contributed by atoms with Crippen molar-refractivity contribution in [3.8, 4) is 23.0 Å². The van der Waals surface area contributed by atoms with Crippen LogP contribution >= 0.6 is 0 Å². The second-order valence-electron chi connectivity index (χ2n) is 18.4. The van der Waals surface area contributed by atoms with Gasteiger partial charge in [-0.15, -0.1) is 19.1 Å². The van der Waals surface area contributed by atoms with Crippen LogP contribution in [0.25, 0.3) is 21.9 Å². The summed E-state index contributed by atoms with van der Waals surface area (Å²) < 4.78 is 25.5. The number of aryl methyl sites for hydroxylation is 8. The van der Waals surface area contributed by atoms with E-state index in [0.29, 0.717) is 25.9 Å². The first kappa shape index (κ1) is 114. The van der Waals surface area contributed by atoms with Gasteiger partial charge in [0.1, 0.15) is 30.5 Å². The molecule has 0 saturated heterocycles. The zero-order valence-corrected chi connectivity index (χ0v) is 75.6. The normalized spacial score (nSPS) is 10.3. The number of nitrogens with zero attached hydrogens (tertiary/aromatic N) is 5. The van der Waals surface area contributed by atoms with Crippen LogP contribution in [-0.4, -0.2) is 55.5 Å². The van der Waals surface area contributed by atoms with E-state index in [1.807, 2.05) is 315 Å². The second kappa shape index (κ2) is 88.9. The van der Waals surface area contributed by atoms with E-state index in [1.54, 1.807) is 37.9 Å². The van der Waals surface area contributed by atoms with Crippen molar-refractivity contribution in [1.82, 2.24) is 35.5 Å². The number of fused-ring (bicyclic) bond motifs is 4. The number of hydrogen-bond donors (Lipinski definition) is 2. The number of benzene rings is 5. The third-order valence-corrected chi connectivity index (χ3v) is 11.0. The van der Waals surface area contributed by atoms with Gasteiger partial charge in [-0.3, -0.25) is 16.0 Å². The van der Waals surface area contributed by atoms with Gasteiger partial charge in [-0.2, -0.15) is 22.3 Å². The van der Waals surface area contributed by atoms with Gasteiger partial charge in [0.25, 0.3) is 0 Å². The fraction of sp³-hybridized carbons (Fsp3) is 0.378. The Kier molecular flexibility index (Phi) is 97.6. The van der Waals surface area contributed by atoms with E-state index >= 15 is 0 Å². The first-order chi connectivity index (χ1) is 49.9. The SMILES string of the molecule is CC.CC.CC.CC.CC.CC.CC.CC.CC.CC.C[C-]=CC1C=CC=C[CH-]1.Cc1ccc2c(c1)OCCO2.Cc1ccc2c(c1)OCO2.Cc1ccc2cc[nH]c2c1.Cc1ccc2n[nH]nc2c1.Cc1ccccc1.Cc1ccccn1.Cc1cccnc1.Cc1cnoc1.[CH-]=CC=[C-]C.[W+2].[W+2]. The monoisotopic (exact) mass is 1760 g/mol. The molecule has 1 unspecified atom stereocenters. The summed E-state index contributed by atoms with van der Waals surface area (Å²) in [5, 5.41) is 15.2. The molecule has 3 aliphatic rings. The molecule has 5 aromatic heterocycles. The number of H-pyrrole nitrogens is 2. The van der Waals surface area contributed by atoms with Gasteiger partial charge in [0, 0.05) is 41.6 Å². The predicted molar refractivity (Wildman–Crippen MR) is 447 cm³/mol. The van der Waals surface area contributed by atoms with Crippen LogP contribution in [0.2, 0.25) is 0 Å². The second-order valence-corrected chi connectivity index (χ2v) is 18.4. The molecule has 1 aliphatic carbocycles. The molecule has 0 spiro atoms. The van der Waals surface area contributed by atoms with Gasteiger partial charge in [0.05, 0.1) is 6.20 Å². The molecule has 10 aromatic rings. The molecule has 12 nitrogen and oxygen atoms in total. The fourth-order valence-corrected chi connectivity index (χ4v) is 6.87. The van der Waals surface area contributed by atoms with E-state index in [4.69, 9.17) is 25.5 Å². The Labute approximate surface area is 664 Å². The summed E-state index contributed by atoms with van der Waals surface area (Å²) in [7, 11) is 0. The summed E-state index contributed by atoms with van der Waals surface area (Å²) in [4.78, 5) is 11.0. The Hall–Kier alpha value is -8.30. The topological polar surface area (TPSA) is 146 Å². The van der Waals surface area contributed by atoms with Gasteiger partial charge in [-0.25, -0.2) is 18.6 Å². The molecule has 0 fully saturated rings.